The van der Waals surface area contributed by atoms with E-state index in [1.54, 1.807) is 7.11 Å². The van der Waals surface area contributed by atoms with Gasteiger partial charge in [-0.15, -0.1) is 0 Å². The van der Waals surface area contributed by atoms with Crippen LogP contribution in [-0.4, -0.2) is 49.6 Å². The third-order valence-corrected chi connectivity index (χ3v) is 4.64. The normalized spacial score (nSPS) is 16.3. The fourth-order valence-electron chi connectivity index (χ4n) is 2.74. The van der Waals surface area contributed by atoms with Crippen LogP contribution in [0.3, 0.4) is 0 Å². The minimum absolute atomic E-state index is 0.00521. The quantitative estimate of drug-likeness (QED) is 0.806. The molecule has 1 aromatic rings. The van der Waals surface area contributed by atoms with E-state index in [-0.39, 0.29) is 17.4 Å². The maximum Gasteiger partial charge on any atom is 0.163 e. The number of hydrogen-bond acceptors (Lipinski definition) is 4. The van der Waals surface area contributed by atoms with Crippen LogP contribution in [0.25, 0.3) is 0 Å². The molecule has 0 amide bonds. The number of carbonyl (C=O) groups is 1. The molecule has 1 atom stereocenters. The van der Waals surface area contributed by atoms with E-state index in [1.165, 1.54) is 0 Å². The molecule has 0 saturated carbocycles. The number of carbonyl (C=O) groups excluding carboxylic acids is 1. The summed E-state index contributed by atoms with van der Waals surface area (Å²) in [6, 6.07) is 5.77. The number of ether oxygens (including phenoxy) is 2. The number of nitrogens with zero attached hydrogens (tertiary/aromatic N) is 1. The Balaban J connectivity index is 2.02. The second-order valence-corrected chi connectivity index (χ2v) is 7.28. The summed E-state index contributed by atoms with van der Waals surface area (Å²) in [6.07, 6.45) is 2.46. The average molecular weight is 319 g/mol. The van der Waals surface area contributed by atoms with Gasteiger partial charge in [-0.1, -0.05) is 12.1 Å². The smallest absolute Gasteiger partial charge is 0.163 e. The number of rotatable bonds is 6. The molecule has 1 aliphatic carbocycles. The molecule has 23 heavy (non-hydrogen) atoms. The van der Waals surface area contributed by atoms with E-state index >= 15 is 0 Å². The Morgan fingerprint density at radius 1 is 1.26 bits per heavy atom. The molecule has 0 radical (unpaired) electrons. The zero-order valence-electron chi connectivity index (χ0n) is 15.0. The van der Waals surface area contributed by atoms with Crippen molar-refractivity contribution in [3.63, 3.8) is 0 Å². The second-order valence-electron chi connectivity index (χ2n) is 7.28. The van der Waals surface area contributed by atoms with Crippen molar-refractivity contribution in [2.75, 3.05) is 27.3 Å². The molecular formula is C19H29NO3. The van der Waals surface area contributed by atoms with E-state index in [9.17, 15) is 4.79 Å². The Morgan fingerprint density at radius 2 is 2.00 bits per heavy atom. The zero-order chi connectivity index (χ0) is 17.0. The number of ketones is 1. The maximum absolute atomic E-state index is 12.0. The van der Waals surface area contributed by atoms with Crippen LogP contribution in [0.15, 0.2) is 18.2 Å². The van der Waals surface area contributed by atoms with Crippen molar-refractivity contribution < 1.29 is 14.3 Å². The minimum Gasteiger partial charge on any atom is -0.491 e. The van der Waals surface area contributed by atoms with Crippen LogP contribution >= 0.6 is 0 Å². The van der Waals surface area contributed by atoms with E-state index in [1.807, 2.05) is 18.2 Å². The number of fused-ring (bicyclic) bond motifs is 1. The predicted octanol–water partition coefficient (Wildman–Crippen LogP) is 3.33. The van der Waals surface area contributed by atoms with Gasteiger partial charge in [-0.25, -0.2) is 0 Å². The standard InChI is InChI=1S/C19H29NO3/c1-19(2,3)20(4)12-14(22-5)13-23-18-11-7-8-15-16(18)9-6-10-17(15)21/h7-8,11,14H,6,9-10,12-13H2,1-5H3/t14-/m0/s1. The average Bonchev–Trinajstić information content (AvgIpc) is 2.50. The molecule has 1 aliphatic rings. The molecule has 0 fully saturated rings. The van der Waals surface area contributed by atoms with Crippen LogP contribution in [0.2, 0.25) is 0 Å². The molecule has 2 rings (SSSR count). The summed E-state index contributed by atoms with van der Waals surface area (Å²) in [5.41, 5.74) is 1.98. The van der Waals surface area contributed by atoms with Gasteiger partial charge in [0.25, 0.3) is 0 Å². The van der Waals surface area contributed by atoms with Gasteiger partial charge in [0.05, 0.1) is 0 Å². The highest BCUT2D eigenvalue weighted by atomic mass is 16.5. The molecule has 0 bridgehead atoms. The number of Topliss-reactive ketones (excluding diaryl/α,β-unsaturated/α-hetero) is 1. The highest BCUT2D eigenvalue weighted by Crippen LogP contribution is 2.29. The topological polar surface area (TPSA) is 38.8 Å². The SMILES string of the molecule is CO[C@H](COc1cccc2c1CCCC2=O)CN(C)C(C)(C)C. The van der Waals surface area contributed by atoms with Crippen molar-refractivity contribution in [2.45, 2.75) is 51.7 Å². The van der Waals surface area contributed by atoms with Gasteiger partial charge in [-0.3, -0.25) is 9.69 Å². The maximum atomic E-state index is 12.0. The van der Waals surface area contributed by atoms with Gasteiger partial charge in [-0.2, -0.15) is 0 Å². The first-order chi connectivity index (χ1) is 10.8. The largest absolute Gasteiger partial charge is 0.491 e. The number of hydrogen-bond donors (Lipinski definition) is 0. The van der Waals surface area contributed by atoms with Gasteiger partial charge in [0.2, 0.25) is 0 Å². The van der Waals surface area contributed by atoms with Gasteiger partial charge in [0.15, 0.2) is 5.78 Å². The van der Waals surface area contributed by atoms with Gasteiger partial charge < -0.3 is 9.47 Å². The Kier molecular flexibility index (Phi) is 5.82. The lowest BCUT2D eigenvalue weighted by molar-refractivity contribution is 0.0149. The molecule has 1 aromatic carbocycles. The molecule has 0 heterocycles. The van der Waals surface area contributed by atoms with Gasteiger partial charge in [-0.05, 0) is 46.7 Å². The summed E-state index contributed by atoms with van der Waals surface area (Å²) in [5.74, 6) is 1.06. The Bertz CT molecular complexity index is 548. The molecule has 0 unspecified atom stereocenters. The number of methoxy groups -OCH3 is 1. The third kappa shape index (κ3) is 4.55. The first kappa shape index (κ1) is 18.0. The first-order valence-corrected chi connectivity index (χ1v) is 8.35. The monoisotopic (exact) mass is 319 g/mol. The van der Waals surface area contributed by atoms with E-state index in [0.717, 1.165) is 36.3 Å². The summed E-state index contributed by atoms with van der Waals surface area (Å²) >= 11 is 0. The Morgan fingerprint density at radius 3 is 2.65 bits per heavy atom. The summed E-state index contributed by atoms with van der Waals surface area (Å²) in [7, 11) is 3.81. The van der Waals surface area contributed by atoms with E-state index in [0.29, 0.717) is 13.0 Å². The molecule has 4 heteroatoms. The van der Waals surface area contributed by atoms with Gasteiger partial charge in [0.1, 0.15) is 18.5 Å². The molecule has 0 aromatic heterocycles. The van der Waals surface area contributed by atoms with Crippen LogP contribution in [-0.2, 0) is 11.2 Å². The van der Waals surface area contributed by atoms with Crippen molar-refractivity contribution in [3.8, 4) is 5.75 Å². The molecule has 0 aliphatic heterocycles. The zero-order valence-corrected chi connectivity index (χ0v) is 15.0. The highest BCUT2D eigenvalue weighted by Gasteiger charge is 2.23. The Hall–Kier alpha value is -1.39. The lowest BCUT2D eigenvalue weighted by Crippen LogP contribution is -2.44. The molecule has 0 N–H and O–H groups in total. The summed E-state index contributed by atoms with van der Waals surface area (Å²) < 4.78 is 11.6. The van der Waals surface area contributed by atoms with E-state index in [2.05, 4.69) is 32.7 Å². The highest BCUT2D eigenvalue weighted by molar-refractivity contribution is 5.99. The van der Waals surface area contributed by atoms with Crippen LogP contribution in [0.1, 0.15) is 49.5 Å². The van der Waals surface area contributed by atoms with Crippen molar-refractivity contribution in [3.05, 3.63) is 29.3 Å². The van der Waals surface area contributed by atoms with E-state index in [4.69, 9.17) is 9.47 Å². The summed E-state index contributed by atoms with van der Waals surface area (Å²) in [4.78, 5) is 14.3. The van der Waals surface area contributed by atoms with E-state index < -0.39 is 0 Å². The van der Waals surface area contributed by atoms with Gasteiger partial charge in [0, 0.05) is 36.7 Å². The minimum atomic E-state index is -0.00521. The lowest BCUT2D eigenvalue weighted by Gasteiger charge is -2.34. The first-order valence-electron chi connectivity index (χ1n) is 8.35. The van der Waals surface area contributed by atoms with Crippen LogP contribution in [0.4, 0.5) is 0 Å². The van der Waals surface area contributed by atoms with Crippen molar-refractivity contribution in [2.24, 2.45) is 0 Å². The molecule has 128 valence electrons. The predicted molar refractivity (Wildman–Crippen MR) is 92.4 cm³/mol. The molecule has 0 spiro atoms. The number of benzene rings is 1. The third-order valence-electron chi connectivity index (χ3n) is 4.64. The lowest BCUT2D eigenvalue weighted by atomic mass is 9.90. The van der Waals surface area contributed by atoms with Crippen LogP contribution < -0.4 is 4.74 Å². The number of likely N-dealkylation sites (N-methyl/N-ethyl adjacent to an activating group) is 1. The van der Waals surface area contributed by atoms with Crippen molar-refractivity contribution >= 4 is 5.78 Å². The summed E-state index contributed by atoms with van der Waals surface area (Å²) in [6.45, 7) is 7.83. The molecular weight excluding hydrogens is 290 g/mol. The summed E-state index contributed by atoms with van der Waals surface area (Å²) in [5, 5.41) is 0. The molecule has 0 saturated heterocycles. The fourth-order valence-corrected chi connectivity index (χ4v) is 2.74. The van der Waals surface area contributed by atoms with Crippen molar-refractivity contribution in [1.82, 2.24) is 4.90 Å². The fraction of sp³-hybridized carbons (Fsp3) is 0.632. The van der Waals surface area contributed by atoms with Gasteiger partial charge >= 0.3 is 0 Å². The van der Waals surface area contributed by atoms with Crippen LogP contribution in [0, 0.1) is 0 Å². The van der Waals surface area contributed by atoms with Crippen molar-refractivity contribution in [1.29, 1.82) is 0 Å². The second kappa shape index (κ2) is 7.45. The Labute approximate surface area is 139 Å². The van der Waals surface area contributed by atoms with Crippen LogP contribution in [0.5, 0.6) is 5.75 Å². The molecule has 4 nitrogen and oxygen atoms in total.